The maximum Gasteiger partial charge on any atom is 0.417 e. The number of hydrogen-bond donors (Lipinski definition) is 1. The number of amides is 1. The number of rotatable bonds is 4. The van der Waals surface area contributed by atoms with E-state index in [0.29, 0.717) is 0 Å². The topological polar surface area (TPSA) is 46.3 Å². The number of halogens is 4. The molecule has 0 atom stereocenters. The lowest BCUT2D eigenvalue weighted by Gasteiger charge is -2.27. The number of benzene rings is 1. The van der Waals surface area contributed by atoms with Gasteiger partial charge in [-0.05, 0) is 32.0 Å². The molecule has 1 amide bonds. The minimum atomic E-state index is -4.62. The molecule has 116 valence electrons. The molecule has 1 aromatic rings. The summed E-state index contributed by atoms with van der Waals surface area (Å²) in [5.41, 5.74) is 3.99. The van der Waals surface area contributed by atoms with Gasteiger partial charge in [-0.3, -0.25) is 4.79 Å². The molecule has 21 heavy (non-hydrogen) atoms. The van der Waals surface area contributed by atoms with E-state index < -0.39 is 23.2 Å². The number of carbonyl (C=O) groups excluding carboxylic acids is 1. The van der Waals surface area contributed by atoms with Crippen molar-refractivity contribution in [2.24, 2.45) is 5.73 Å². The van der Waals surface area contributed by atoms with Crippen LogP contribution in [0.3, 0.4) is 0 Å². The van der Waals surface area contributed by atoms with Crippen molar-refractivity contribution >= 4 is 39.0 Å². The van der Waals surface area contributed by atoms with Gasteiger partial charge in [-0.1, -0.05) is 28.1 Å². The third-order valence-electron chi connectivity index (χ3n) is 2.73. The Bertz CT molecular complexity index is 561. The second kappa shape index (κ2) is 6.74. The number of nitrogens with two attached hydrogens (primary N) is 1. The molecule has 2 N–H and O–H groups in total. The van der Waals surface area contributed by atoms with Gasteiger partial charge in [0.25, 0.3) is 5.91 Å². The fourth-order valence-corrected chi connectivity index (χ4v) is 2.25. The van der Waals surface area contributed by atoms with Gasteiger partial charge in [0.05, 0.1) is 22.7 Å². The molecule has 0 heterocycles. The molecule has 1 aromatic carbocycles. The van der Waals surface area contributed by atoms with E-state index in [0.717, 1.165) is 12.1 Å². The summed E-state index contributed by atoms with van der Waals surface area (Å²) in [6.45, 7) is 3.30. The standard InChI is InChI=1S/C13H14BrF3N2OS/c1-7(2)19(6-11(18)21)12(20)9-4-3-8(14)5-10(9)13(15,16)17/h3-5,7H,6H2,1-2H3,(H2,18,21). The van der Waals surface area contributed by atoms with Crippen LogP contribution in [0.25, 0.3) is 0 Å². The zero-order valence-electron chi connectivity index (χ0n) is 11.4. The summed E-state index contributed by atoms with van der Waals surface area (Å²) in [6.07, 6.45) is -4.62. The number of alkyl halides is 3. The van der Waals surface area contributed by atoms with E-state index in [-0.39, 0.29) is 22.0 Å². The number of carbonyl (C=O) groups is 1. The number of nitrogens with zero attached hydrogens (tertiary/aromatic N) is 1. The normalized spacial score (nSPS) is 11.6. The first-order valence-electron chi connectivity index (χ1n) is 6.00. The van der Waals surface area contributed by atoms with Crippen molar-refractivity contribution in [3.05, 3.63) is 33.8 Å². The first-order chi connectivity index (χ1) is 9.54. The molecule has 0 aliphatic rings. The van der Waals surface area contributed by atoms with Crippen LogP contribution in [0.4, 0.5) is 13.2 Å². The molecule has 0 radical (unpaired) electrons. The van der Waals surface area contributed by atoms with Gasteiger partial charge in [-0.2, -0.15) is 13.2 Å². The summed E-state index contributed by atoms with van der Waals surface area (Å²) >= 11 is 7.72. The van der Waals surface area contributed by atoms with Crippen molar-refractivity contribution in [1.29, 1.82) is 0 Å². The first-order valence-corrected chi connectivity index (χ1v) is 7.20. The van der Waals surface area contributed by atoms with Gasteiger partial charge in [-0.15, -0.1) is 0 Å². The van der Waals surface area contributed by atoms with E-state index in [1.165, 1.54) is 11.0 Å². The van der Waals surface area contributed by atoms with Crippen molar-refractivity contribution in [3.8, 4) is 0 Å². The Hall–Kier alpha value is -1.15. The summed E-state index contributed by atoms with van der Waals surface area (Å²) in [6, 6.07) is 3.09. The largest absolute Gasteiger partial charge is 0.417 e. The molecule has 0 saturated heterocycles. The number of hydrogen-bond acceptors (Lipinski definition) is 2. The average molecular weight is 383 g/mol. The zero-order chi connectivity index (χ0) is 16.4. The molecule has 0 aliphatic carbocycles. The molecular formula is C13H14BrF3N2OS. The molecule has 0 unspecified atom stereocenters. The van der Waals surface area contributed by atoms with Crippen molar-refractivity contribution in [1.82, 2.24) is 4.90 Å². The monoisotopic (exact) mass is 382 g/mol. The molecule has 3 nitrogen and oxygen atoms in total. The Kier molecular flexibility index (Phi) is 5.75. The van der Waals surface area contributed by atoms with Gasteiger partial charge in [0.15, 0.2) is 0 Å². The molecule has 0 bridgehead atoms. The Labute approximate surface area is 134 Å². The van der Waals surface area contributed by atoms with Crippen LogP contribution in [0.1, 0.15) is 29.8 Å². The van der Waals surface area contributed by atoms with Crippen LogP contribution in [-0.2, 0) is 6.18 Å². The van der Waals surface area contributed by atoms with Gasteiger partial charge in [-0.25, -0.2) is 0 Å². The molecule has 0 aromatic heterocycles. The van der Waals surface area contributed by atoms with E-state index in [1.807, 2.05) is 0 Å². The van der Waals surface area contributed by atoms with Crippen LogP contribution in [0.15, 0.2) is 22.7 Å². The van der Waals surface area contributed by atoms with Crippen LogP contribution in [-0.4, -0.2) is 28.4 Å². The fraction of sp³-hybridized carbons (Fsp3) is 0.385. The summed E-state index contributed by atoms with van der Waals surface area (Å²) in [5.74, 6) is -0.752. The summed E-state index contributed by atoms with van der Waals surface area (Å²) in [4.78, 5) is 13.6. The maximum atomic E-state index is 13.1. The number of thiocarbonyl (C=S) groups is 1. The van der Waals surface area contributed by atoms with E-state index in [9.17, 15) is 18.0 Å². The second-order valence-corrected chi connectivity index (χ2v) is 6.12. The van der Waals surface area contributed by atoms with Crippen molar-refractivity contribution in [3.63, 3.8) is 0 Å². The quantitative estimate of drug-likeness (QED) is 0.809. The highest BCUT2D eigenvalue weighted by Crippen LogP contribution is 2.34. The molecule has 8 heteroatoms. The van der Waals surface area contributed by atoms with Crippen LogP contribution < -0.4 is 5.73 Å². The molecule has 0 saturated carbocycles. The van der Waals surface area contributed by atoms with Crippen LogP contribution in [0.2, 0.25) is 0 Å². The van der Waals surface area contributed by atoms with Gasteiger partial charge in [0.2, 0.25) is 0 Å². The maximum absolute atomic E-state index is 13.1. The van der Waals surface area contributed by atoms with Gasteiger partial charge in [0.1, 0.15) is 0 Å². The molecule has 0 fully saturated rings. The fourth-order valence-electron chi connectivity index (χ4n) is 1.75. The van der Waals surface area contributed by atoms with E-state index >= 15 is 0 Å². The van der Waals surface area contributed by atoms with Gasteiger partial charge < -0.3 is 10.6 Å². The van der Waals surface area contributed by atoms with Crippen molar-refractivity contribution in [2.45, 2.75) is 26.1 Å². The third-order valence-corrected chi connectivity index (χ3v) is 3.35. The first kappa shape index (κ1) is 17.9. The highest BCUT2D eigenvalue weighted by Gasteiger charge is 2.36. The molecule has 1 rings (SSSR count). The van der Waals surface area contributed by atoms with Crippen LogP contribution in [0.5, 0.6) is 0 Å². The second-order valence-electron chi connectivity index (χ2n) is 4.68. The lowest BCUT2D eigenvalue weighted by atomic mass is 10.1. The minimum Gasteiger partial charge on any atom is -0.392 e. The Morgan fingerprint density at radius 2 is 2.00 bits per heavy atom. The van der Waals surface area contributed by atoms with E-state index in [1.54, 1.807) is 13.8 Å². The Balaban J connectivity index is 3.31. The molecule has 0 aliphatic heterocycles. The zero-order valence-corrected chi connectivity index (χ0v) is 13.8. The molecule has 0 spiro atoms. The lowest BCUT2D eigenvalue weighted by Crippen LogP contribution is -2.42. The predicted octanol–water partition coefficient (Wildman–Crippen LogP) is 3.60. The van der Waals surface area contributed by atoms with E-state index in [2.05, 4.69) is 15.9 Å². The summed E-state index contributed by atoms with van der Waals surface area (Å²) < 4.78 is 39.5. The lowest BCUT2D eigenvalue weighted by molar-refractivity contribution is -0.138. The smallest absolute Gasteiger partial charge is 0.392 e. The highest BCUT2D eigenvalue weighted by atomic mass is 79.9. The summed E-state index contributed by atoms with van der Waals surface area (Å²) in [5, 5.41) is 0. The van der Waals surface area contributed by atoms with E-state index in [4.69, 9.17) is 18.0 Å². The minimum absolute atomic E-state index is 0.0442. The van der Waals surface area contributed by atoms with Crippen molar-refractivity contribution < 1.29 is 18.0 Å². The Morgan fingerprint density at radius 3 is 2.43 bits per heavy atom. The highest BCUT2D eigenvalue weighted by molar-refractivity contribution is 9.10. The third kappa shape index (κ3) is 4.67. The Morgan fingerprint density at radius 1 is 1.43 bits per heavy atom. The van der Waals surface area contributed by atoms with Gasteiger partial charge in [0, 0.05) is 10.5 Å². The van der Waals surface area contributed by atoms with Gasteiger partial charge >= 0.3 is 6.18 Å². The summed E-state index contributed by atoms with van der Waals surface area (Å²) in [7, 11) is 0. The van der Waals surface area contributed by atoms with Crippen LogP contribution in [0, 0.1) is 0 Å². The molecular weight excluding hydrogens is 369 g/mol. The predicted molar refractivity (Wildman–Crippen MR) is 82.1 cm³/mol. The van der Waals surface area contributed by atoms with Crippen LogP contribution >= 0.6 is 28.1 Å². The van der Waals surface area contributed by atoms with Crippen molar-refractivity contribution in [2.75, 3.05) is 6.54 Å². The average Bonchev–Trinajstić information content (AvgIpc) is 2.33. The SMILES string of the molecule is CC(C)N(CC(N)=S)C(=O)c1ccc(Br)cc1C(F)(F)F.